The molecule has 4 amide bonds. The van der Waals surface area contributed by atoms with Crippen LogP contribution < -0.4 is 10.6 Å². The molecule has 2 heterocycles. The van der Waals surface area contributed by atoms with E-state index in [1.54, 1.807) is 23.1 Å². The number of urea groups is 1. The fraction of sp³-hybridized carbons (Fsp3) is 0.357. The Kier molecular flexibility index (Phi) is 3.33. The van der Waals surface area contributed by atoms with Crippen LogP contribution in [-0.2, 0) is 16.0 Å². The van der Waals surface area contributed by atoms with E-state index in [0.29, 0.717) is 18.0 Å². The van der Waals surface area contributed by atoms with Crippen LogP contribution in [0.25, 0.3) is 0 Å². The fourth-order valence-corrected chi connectivity index (χ4v) is 2.96. The zero-order valence-corrected chi connectivity index (χ0v) is 11.9. The summed E-state index contributed by atoms with van der Waals surface area (Å²) in [4.78, 5) is 37.0. The molecule has 3 rings (SSSR count). The minimum absolute atomic E-state index is 0.103. The van der Waals surface area contributed by atoms with Crippen molar-refractivity contribution in [2.75, 3.05) is 13.1 Å². The Morgan fingerprint density at radius 3 is 2.76 bits per heavy atom. The normalized spacial score (nSPS) is 24.3. The van der Waals surface area contributed by atoms with Crippen molar-refractivity contribution < 1.29 is 14.4 Å². The number of rotatable bonds is 2. The second-order valence-electron chi connectivity index (χ2n) is 5.32. The Balaban J connectivity index is 1.69. The minimum Gasteiger partial charge on any atom is -0.339 e. The maximum Gasteiger partial charge on any atom is 0.322 e. The van der Waals surface area contributed by atoms with Crippen molar-refractivity contribution in [2.24, 2.45) is 0 Å². The summed E-state index contributed by atoms with van der Waals surface area (Å²) >= 11 is 6.05. The van der Waals surface area contributed by atoms with Crippen LogP contribution in [0.2, 0.25) is 5.02 Å². The molecule has 0 saturated carbocycles. The number of carbonyl (C=O) groups is 3. The van der Waals surface area contributed by atoms with Crippen LogP contribution in [0, 0.1) is 0 Å². The highest BCUT2D eigenvalue weighted by Gasteiger charge is 2.51. The number of nitrogens with one attached hydrogen (secondary N) is 2. The van der Waals surface area contributed by atoms with Gasteiger partial charge in [-0.25, -0.2) is 4.79 Å². The van der Waals surface area contributed by atoms with Gasteiger partial charge in [-0.1, -0.05) is 29.8 Å². The highest BCUT2D eigenvalue weighted by molar-refractivity contribution is 6.31. The average Bonchev–Trinajstić information content (AvgIpc) is 2.97. The van der Waals surface area contributed by atoms with Gasteiger partial charge in [0.2, 0.25) is 5.91 Å². The lowest BCUT2D eigenvalue weighted by Gasteiger charge is -2.21. The first-order chi connectivity index (χ1) is 10.00. The molecule has 1 unspecified atom stereocenters. The van der Waals surface area contributed by atoms with Crippen LogP contribution in [0.5, 0.6) is 0 Å². The van der Waals surface area contributed by atoms with Gasteiger partial charge in [-0.05, 0) is 18.1 Å². The first-order valence-electron chi connectivity index (χ1n) is 6.65. The van der Waals surface area contributed by atoms with E-state index < -0.39 is 11.6 Å². The lowest BCUT2D eigenvalue weighted by Crippen LogP contribution is -2.49. The van der Waals surface area contributed by atoms with Gasteiger partial charge in [0, 0.05) is 11.6 Å². The van der Waals surface area contributed by atoms with Crippen molar-refractivity contribution in [1.29, 1.82) is 0 Å². The molecule has 2 saturated heterocycles. The van der Waals surface area contributed by atoms with Gasteiger partial charge < -0.3 is 10.2 Å². The van der Waals surface area contributed by atoms with Crippen molar-refractivity contribution in [3.8, 4) is 0 Å². The van der Waals surface area contributed by atoms with Gasteiger partial charge in [0.15, 0.2) is 0 Å². The molecule has 0 aliphatic carbocycles. The Labute approximate surface area is 126 Å². The molecule has 0 bridgehead atoms. The topological polar surface area (TPSA) is 78.5 Å². The monoisotopic (exact) mass is 307 g/mol. The molecule has 1 aromatic rings. The summed E-state index contributed by atoms with van der Waals surface area (Å²) in [6, 6.07) is 6.67. The first-order valence-corrected chi connectivity index (χ1v) is 7.03. The lowest BCUT2D eigenvalue weighted by molar-refractivity contribution is -0.130. The summed E-state index contributed by atoms with van der Waals surface area (Å²) in [5.41, 5.74) is -0.210. The van der Waals surface area contributed by atoms with E-state index in [9.17, 15) is 14.4 Å². The van der Waals surface area contributed by atoms with Crippen molar-refractivity contribution in [3.05, 3.63) is 34.9 Å². The Hall–Kier alpha value is -2.08. The second kappa shape index (κ2) is 5.04. The summed E-state index contributed by atoms with van der Waals surface area (Å²) in [6.45, 7) is 0.644. The number of imide groups is 1. The lowest BCUT2D eigenvalue weighted by atomic mass is 9.99. The van der Waals surface area contributed by atoms with Gasteiger partial charge in [0.05, 0.1) is 13.0 Å². The van der Waals surface area contributed by atoms with E-state index >= 15 is 0 Å². The van der Waals surface area contributed by atoms with Crippen LogP contribution in [0.1, 0.15) is 12.0 Å². The predicted octanol–water partition coefficient (Wildman–Crippen LogP) is 0.693. The number of hydrogen-bond donors (Lipinski definition) is 2. The zero-order chi connectivity index (χ0) is 15.0. The second-order valence-corrected chi connectivity index (χ2v) is 5.73. The number of nitrogens with zero attached hydrogens (tertiary/aromatic N) is 1. The molecule has 110 valence electrons. The van der Waals surface area contributed by atoms with Crippen LogP contribution >= 0.6 is 11.6 Å². The van der Waals surface area contributed by atoms with E-state index in [0.717, 1.165) is 5.56 Å². The van der Waals surface area contributed by atoms with Gasteiger partial charge in [-0.15, -0.1) is 0 Å². The van der Waals surface area contributed by atoms with E-state index in [-0.39, 0.29) is 24.8 Å². The van der Waals surface area contributed by atoms with Crippen LogP contribution in [0.4, 0.5) is 4.79 Å². The highest BCUT2D eigenvalue weighted by atomic mass is 35.5. The van der Waals surface area contributed by atoms with E-state index in [1.807, 2.05) is 6.07 Å². The number of amides is 4. The molecule has 2 aliphatic rings. The third-order valence-electron chi connectivity index (χ3n) is 3.94. The molecule has 1 spiro atoms. The smallest absolute Gasteiger partial charge is 0.322 e. The van der Waals surface area contributed by atoms with Crippen molar-refractivity contribution >= 4 is 29.4 Å². The molecule has 7 heteroatoms. The van der Waals surface area contributed by atoms with Crippen molar-refractivity contribution in [2.45, 2.75) is 18.4 Å². The number of carbonyl (C=O) groups excluding carboxylic acids is 3. The van der Waals surface area contributed by atoms with E-state index in [2.05, 4.69) is 10.6 Å². The number of hydrogen-bond acceptors (Lipinski definition) is 3. The van der Waals surface area contributed by atoms with Crippen molar-refractivity contribution in [1.82, 2.24) is 15.5 Å². The molecule has 6 nitrogen and oxygen atoms in total. The van der Waals surface area contributed by atoms with Gasteiger partial charge in [-0.3, -0.25) is 14.9 Å². The van der Waals surface area contributed by atoms with Gasteiger partial charge >= 0.3 is 6.03 Å². The number of halogens is 1. The molecular weight excluding hydrogens is 294 g/mol. The van der Waals surface area contributed by atoms with Gasteiger partial charge in [0.25, 0.3) is 5.91 Å². The van der Waals surface area contributed by atoms with E-state index in [1.165, 1.54) is 0 Å². The molecule has 21 heavy (non-hydrogen) atoms. The quantitative estimate of drug-likeness (QED) is 0.789. The average molecular weight is 308 g/mol. The Morgan fingerprint density at radius 2 is 2.10 bits per heavy atom. The Bertz CT molecular complexity index is 634. The fourth-order valence-electron chi connectivity index (χ4n) is 2.75. The Morgan fingerprint density at radius 1 is 1.33 bits per heavy atom. The van der Waals surface area contributed by atoms with Gasteiger partial charge in [-0.2, -0.15) is 0 Å². The highest BCUT2D eigenvalue weighted by Crippen LogP contribution is 2.26. The largest absolute Gasteiger partial charge is 0.339 e. The summed E-state index contributed by atoms with van der Waals surface area (Å²) in [5, 5.41) is 5.39. The summed E-state index contributed by atoms with van der Waals surface area (Å²) in [6.07, 6.45) is 0.615. The number of likely N-dealkylation sites (tertiary alicyclic amines) is 1. The maximum atomic E-state index is 12.3. The SMILES string of the molecule is O=C1NC(=O)C2(CCN(C(=O)Cc3ccccc3Cl)C2)N1. The summed E-state index contributed by atoms with van der Waals surface area (Å²) in [7, 11) is 0. The molecular formula is C14H14ClN3O3. The molecule has 2 fully saturated rings. The minimum atomic E-state index is -0.965. The van der Waals surface area contributed by atoms with Crippen LogP contribution in [0.15, 0.2) is 24.3 Å². The molecule has 1 aromatic carbocycles. The van der Waals surface area contributed by atoms with Crippen LogP contribution in [0.3, 0.4) is 0 Å². The molecule has 1 atom stereocenters. The first kappa shape index (κ1) is 13.9. The predicted molar refractivity (Wildman–Crippen MR) is 75.8 cm³/mol. The van der Waals surface area contributed by atoms with E-state index in [4.69, 9.17) is 11.6 Å². The molecule has 0 aromatic heterocycles. The summed E-state index contributed by atoms with van der Waals surface area (Å²) in [5.74, 6) is -0.463. The maximum absolute atomic E-state index is 12.3. The number of benzene rings is 1. The van der Waals surface area contributed by atoms with Gasteiger partial charge in [0.1, 0.15) is 5.54 Å². The third-order valence-corrected chi connectivity index (χ3v) is 4.30. The van der Waals surface area contributed by atoms with Crippen LogP contribution in [-0.4, -0.2) is 41.4 Å². The standard InChI is InChI=1S/C14H14ClN3O3/c15-10-4-2-1-3-9(10)7-11(19)18-6-5-14(8-18)12(20)16-13(21)17-14/h1-4H,5-8H2,(H2,16,17,20,21). The molecule has 0 radical (unpaired) electrons. The zero-order valence-electron chi connectivity index (χ0n) is 11.2. The summed E-state index contributed by atoms with van der Waals surface area (Å²) < 4.78 is 0. The van der Waals surface area contributed by atoms with Crippen molar-refractivity contribution in [3.63, 3.8) is 0 Å². The molecule has 2 aliphatic heterocycles. The molecule has 2 N–H and O–H groups in total. The third kappa shape index (κ3) is 2.47.